The van der Waals surface area contributed by atoms with E-state index in [9.17, 15) is 4.79 Å². The molecule has 26 heavy (non-hydrogen) atoms. The topological polar surface area (TPSA) is 64.8 Å². The second kappa shape index (κ2) is 7.21. The van der Waals surface area contributed by atoms with E-state index < -0.39 is 0 Å². The lowest BCUT2D eigenvalue weighted by molar-refractivity contribution is -0.0413. The second-order valence-corrected chi connectivity index (χ2v) is 7.21. The van der Waals surface area contributed by atoms with Crippen LogP contribution in [-0.4, -0.2) is 47.2 Å². The number of pyridine rings is 1. The molecule has 0 bridgehead atoms. The van der Waals surface area contributed by atoms with Crippen LogP contribution in [-0.2, 0) is 16.1 Å². The number of aryl methyl sites for hydroxylation is 1. The van der Waals surface area contributed by atoms with E-state index in [4.69, 9.17) is 13.9 Å². The first kappa shape index (κ1) is 17.2. The van der Waals surface area contributed by atoms with Crippen molar-refractivity contribution in [2.75, 3.05) is 19.7 Å². The molecule has 2 aliphatic heterocycles. The van der Waals surface area contributed by atoms with Gasteiger partial charge in [-0.25, -0.2) is 0 Å². The third-order valence-electron chi connectivity index (χ3n) is 5.32. The maximum Gasteiger partial charge on any atom is 0.257 e. The highest BCUT2D eigenvalue weighted by Crippen LogP contribution is 2.37. The molecule has 0 unspecified atom stereocenters. The molecule has 2 aliphatic rings. The molecular weight excluding hydrogens is 332 g/mol. The number of hydrogen-bond donors (Lipinski definition) is 0. The molecule has 2 aromatic heterocycles. The van der Waals surface area contributed by atoms with Gasteiger partial charge in [0.05, 0.1) is 42.4 Å². The van der Waals surface area contributed by atoms with E-state index in [1.807, 2.05) is 30.0 Å². The van der Waals surface area contributed by atoms with Crippen LogP contribution in [0, 0.1) is 6.92 Å². The van der Waals surface area contributed by atoms with Crippen molar-refractivity contribution >= 4 is 5.91 Å². The summed E-state index contributed by atoms with van der Waals surface area (Å²) in [6.07, 6.45) is 5.70. The number of piperidine rings is 1. The highest BCUT2D eigenvalue weighted by molar-refractivity contribution is 5.93. The van der Waals surface area contributed by atoms with Crippen LogP contribution in [0.15, 0.2) is 41.2 Å². The SMILES string of the molecule is Cc1cccc(CO[C@H]2COC3(CCN(C(=O)c4ccoc4)CC3)C2)n1. The lowest BCUT2D eigenvalue weighted by Crippen LogP contribution is -2.46. The van der Waals surface area contributed by atoms with Crippen molar-refractivity contribution in [1.82, 2.24) is 9.88 Å². The average molecular weight is 356 g/mol. The Morgan fingerprint density at radius 2 is 2.19 bits per heavy atom. The van der Waals surface area contributed by atoms with Crippen molar-refractivity contribution in [3.05, 3.63) is 53.7 Å². The molecule has 1 amide bonds. The molecule has 6 heteroatoms. The molecule has 0 aliphatic carbocycles. The average Bonchev–Trinajstić information content (AvgIpc) is 3.31. The molecule has 4 rings (SSSR count). The molecule has 0 saturated carbocycles. The predicted molar refractivity (Wildman–Crippen MR) is 94.7 cm³/mol. The number of carbonyl (C=O) groups excluding carboxylic acids is 1. The van der Waals surface area contributed by atoms with Gasteiger partial charge in [0.2, 0.25) is 0 Å². The fraction of sp³-hybridized carbons (Fsp3) is 0.500. The van der Waals surface area contributed by atoms with Gasteiger partial charge in [-0.05, 0) is 38.0 Å². The third kappa shape index (κ3) is 3.66. The summed E-state index contributed by atoms with van der Waals surface area (Å²) < 4.78 is 17.2. The monoisotopic (exact) mass is 356 g/mol. The largest absolute Gasteiger partial charge is 0.472 e. The van der Waals surface area contributed by atoms with Crippen molar-refractivity contribution in [3.8, 4) is 0 Å². The van der Waals surface area contributed by atoms with Crippen molar-refractivity contribution in [2.45, 2.75) is 44.5 Å². The van der Waals surface area contributed by atoms with Crippen LogP contribution in [0.4, 0.5) is 0 Å². The highest BCUT2D eigenvalue weighted by atomic mass is 16.6. The number of amides is 1. The van der Waals surface area contributed by atoms with Gasteiger partial charge in [-0.1, -0.05) is 6.07 Å². The molecule has 2 aromatic rings. The summed E-state index contributed by atoms with van der Waals surface area (Å²) in [5.74, 6) is 0.0323. The van der Waals surface area contributed by atoms with Gasteiger partial charge < -0.3 is 18.8 Å². The predicted octanol–water partition coefficient (Wildman–Crippen LogP) is 2.96. The van der Waals surface area contributed by atoms with Gasteiger partial charge in [0.15, 0.2) is 0 Å². The first-order valence-electron chi connectivity index (χ1n) is 9.13. The van der Waals surface area contributed by atoms with Crippen LogP contribution in [0.3, 0.4) is 0 Å². The Kier molecular flexibility index (Phi) is 4.78. The third-order valence-corrected chi connectivity index (χ3v) is 5.32. The molecule has 138 valence electrons. The Bertz CT molecular complexity index is 751. The summed E-state index contributed by atoms with van der Waals surface area (Å²) in [4.78, 5) is 18.8. The molecule has 0 aromatic carbocycles. The number of ether oxygens (including phenoxy) is 2. The number of aromatic nitrogens is 1. The summed E-state index contributed by atoms with van der Waals surface area (Å²) in [5, 5.41) is 0. The molecule has 1 spiro atoms. The van der Waals surface area contributed by atoms with Gasteiger partial charge in [0, 0.05) is 25.2 Å². The van der Waals surface area contributed by atoms with Crippen LogP contribution in [0.1, 0.15) is 41.0 Å². The van der Waals surface area contributed by atoms with E-state index in [0.29, 0.717) is 31.9 Å². The molecule has 0 N–H and O–H groups in total. The Hall–Kier alpha value is -2.18. The minimum Gasteiger partial charge on any atom is -0.472 e. The zero-order valence-electron chi connectivity index (χ0n) is 15.0. The minimum atomic E-state index is -0.155. The first-order chi connectivity index (χ1) is 12.6. The molecule has 4 heterocycles. The summed E-state index contributed by atoms with van der Waals surface area (Å²) in [7, 11) is 0. The summed E-state index contributed by atoms with van der Waals surface area (Å²) in [6, 6.07) is 7.68. The quantitative estimate of drug-likeness (QED) is 0.843. The van der Waals surface area contributed by atoms with E-state index in [1.165, 1.54) is 12.5 Å². The molecular formula is C20H24N2O4. The number of nitrogens with zero attached hydrogens (tertiary/aromatic N) is 2. The number of rotatable bonds is 4. The normalized spacial score (nSPS) is 22.0. The van der Waals surface area contributed by atoms with Gasteiger partial charge in [-0.15, -0.1) is 0 Å². The first-order valence-corrected chi connectivity index (χ1v) is 9.13. The fourth-order valence-electron chi connectivity index (χ4n) is 3.83. The summed E-state index contributed by atoms with van der Waals surface area (Å²) >= 11 is 0. The standard InChI is InChI=1S/C20H24N2O4/c1-15-3-2-4-17(21-15)13-25-18-11-20(26-14-18)6-8-22(9-7-20)19(23)16-5-10-24-12-16/h2-5,10,12,18H,6-9,11,13-14H2,1H3/t18-/m1/s1. The zero-order chi connectivity index (χ0) is 18.0. The van der Waals surface area contributed by atoms with E-state index in [0.717, 1.165) is 30.7 Å². The Balaban J connectivity index is 1.28. The van der Waals surface area contributed by atoms with Crippen LogP contribution >= 0.6 is 0 Å². The van der Waals surface area contributed by atoms with Gasteiger partial charge in [0.1, 0.15) is 6.26 Å². The second-order valence-electron chi connectivity index (χ2n) is 7.21. The van der Waals surface area contributed by atoms with E-state index in [-0.39, 0.29) is 17.6 Å². The van der Waals surface area contributed by atoms with E-state index in [2.05, 4.69) is 4.98 Å². The van der Waals surface area contributed by atoms with Crippen LogP contribution in [0.2, 0.25) is 0 Å². The lowest BCUT2D eigenvalue weighted by Gasteiger charge is -2.38. The Morgan fingerprint density at radius 3 is 2.92 bits per heavy atom. The number of furan rings is 1. The van der Waals surface area contributed by atoms with E-state index in [1.54, 1.807) is 6.07 Å². The molecule has 1 atom stereocenters. The van der Waals surface area contributed by atoms with Crippen molar-refractivity contribution in [3.63, 3.8) is 0 Å². The number of hydrogen-bond acceptors (Lipinski definition) is 5. The smallest absolute Gasteiger partial charge is 0.257 e. The van der Waals surface area contributed by atoms with Crippen molar-refractivity contribution < 1.29 is 18.7 Å². The zero-order valence-corrected chi connectivity index (χ0v) is 15.0. The molecule has 2 fully saturated rings. The molecule has 0 radical (unpaired) electrons. The van der Waals surface area contributed by atoms with Gasteiger partial charge in [-0.2, -0.15) is 0 Å². The Morgan fingerprint density at radius 1 is 1.35 bits per heavy atom. The van der Waals surface area contributed by atoms with Gasteiger partial charge in [0.25, 0.3) is 5.91 Å². The summed E-state index contributed by atoms with van der Waals surface area (Å²) in [6.45, 7) is 4.51. The maximum absolute atomic E-state index is 12.4. The van der Waals surface area contributed by atoms with Gasteiger partial charge in [-0.3, -0.25) is 9.78 Å². The van der Waals surface area contributed by atoms with Gasteiger partial charge >= 0.3 is 0 Å². The number of likely N-dealkylation sites (tertiary alicyclic amines) is 1. The minimum absolute atomic E-state index is 0.0323. The highest BCUT2D eigenvalue weighted by Gasteiger charge is 2.44. The maximum atomic E-state index is 12.4. The van der Waals surface area contributed by atoms with Crippen molar-refractivity contribution in [1.29, 1.82) is 0 Å². The van der Waals surface area contributed by atoms with E-state index >= 15 is 0 Å². The fourth-order valence-corrected chi connectivity index (χ4v) is 3.83. The Labute approximate surface area is 153 Å². The number of carbonyl (C=O) groups is 1. The summed E-state index contributed by atoms with van der Waals surface area (Å²) in [5.41, 5.74) is 2.41. The lowest BCUT2D eigenvalue weighted by atomic mass is 9.88. The molecule has 2 saturated heterocycles. The van der Waals surface area contributed by atoms with Crippen LogP contribution in [0.25, 0.3) is 0 Å². The van der Waals surface area contributed by atoms with Crippen LogP contribution < -0.4 is 0 Å². The van der Waals surface area contributed by atoms with Crippen molar-refractivity contribution in [2.24, 2.45) is 0 Å². The van der Waals surface area contributed by atoms with Crippen LogP contribution in [0.5, 0.6) is 0 Å². The molecule has 6 nitrogen and oxygen atoms in total.